The zero-order valence-corrected chi connectivity index (χ0v) is 11.5. The van der Waals surface area contributed by atoms with E-state index < -0.39 is 0 Å². The summed E-state index contributed by atoms with van der Waals surface area (Å²) in [4.78, 5) is 17.7. The summed E-state index contributed by atoms with van der Waals surface area (Å²) in [6, 6.07) is 6.71. The van der Waals surface area contributed by atoms with Gasteiger partial charge in [-0.1, -0.05) is 18.2 Å². The van der Waals surface area contributed by atoms with Crippen LogP contribution in [-0.4, -0.2) is 27.9 Å². The van der Waals surface area contributed by atoms with Crippen LogP contribution in [0.2, 0.25) is 0 Å². The summed E-state index contributed by atoms with van der Waals surface area (Å²) in [7, 11) is 1.68. The van der Waals surface area contributed by atoms with Gasteiger partial charge in [0.15, 0.2) is 5.13 Å². The number of nitrogens with two attached hydrogens (primary N) is 1. The van der Waals surface area contributed by atoms with E-state index in [4.69, 9.17) is 5.73 Å². The second-order valence-electron chi connectivity index (χ2n) is 4.22. The fraction of sp³-hybridized carbons (Fsp3) is 0.231. The third-order valence-electron chi connectivity index (χ3n) is 3.03. The van der Waals surface area contributed by atoms with Gasteiger partial charge in [0.05, 0.1) is 6.04 Å². The van der Waals surface area contributed by atoms with Crippen molar-refractivity contribution in [3.8, 4) is 5.75 Å². The molecule has 0 aliphatic carbocycles. The van der Waals surface area contributed by atoms with Crippen molar-refractivity contribution in [2.45, 2.75) is 13.0 Å². The van der Waals surface area contributed by atoms with Crippen molar-refractivity contribution in [2.75, 3.05) is 12.8 Å². The monoisotopic (exact) mass is 277 g/mol. The molecule has 2 aromatic rings. The largest absolute Gasteiger partial charge is 0.508 e. The van der Waals surface area contributed by atoms with E-state index in [9.17, 15) is 9.90 Å². The van der Waals surface area contributed by atoms with Gasteiger partial charge >= 0.3 is 0 Å². The highest BCUT2D eigenvalue weighted by atomic mass is 32.1. The Balaban J connectivity index is 2.22. The van der Waals surface area contributed by atoms with Gasteiger partial charge in [0.1, 0.15) is 11.4 Å². The van der Waals surface area contributed by atoms with Gasteiger partial charge in [-0.2, -0.15) is 0 Å². The number of nitrogen functional groups attached to an aromatic ring is 1. The molecule has 2 rings (SSSR count). The number of carbonyl (C=O) groups excluding carboxylic acids is 1. The number of hydrogen-bond donors (Lipinski definition) is 2. The Bertz CT molecular complexity index is 597. The predicted octanol–water partition coefficient (Wildman–Crippen LogP) is 2.26. The first-order chi connectivity index (χ1) is 9.00. The Morgan fingerprint density at radius 2 is 2.16 bits per heavy atom. The Morgan fingerprint density at radius 1 is 1.47 bits per heavy atom. The molecular weight excluding hydrogens is 262 g/mol. The van der Waals surface area contributed by atoms with Crippen LogP contribution < -0.4 is 5.73 Å². The van der Waals surface area contributed by atoms with Crippen molar-refractivity contribution >= 4 is 22.4 Å². The van der Waals surface area contributed by atoms with E-state index in [1.807, 2.05) is 13.0 Å². The van der Waals surface area contributed by atoms with Crippen LogP contribution in [0.5, 0.6) is 5.75 Å². The van der Waals surface area contributed by atoms with Crippen LogP contribution in [0.3, 0.4) is 0 Å². The molecule has 1 aromatic carbocycles. The van der Waals surface area contributed by atoms with E-state index in [1.165, 1.54) is 16.2 Å². The number of amides is 1. The Morgan fingerprint density at radius 3 is 2.74 bits per heavy atom. The molecule has 0 spiro atoms. The lowest BCUT2D eigenvalue weighted by Crippen LogP contribution is -2.30. The molecule has 0 saturated carbocycles. The summed E-state index contributed by atoms with van der Waals surface area (Å²) < 4.78 is 0. The molecule has 0 fully saturated rings. The highest BCUT2D eigenvalue weighted by molar-refractivity contribution is 7.13. The average Bonchev–Trinajstić information content (AvgIpc) is 2.83. The molecule has 0 saturated heterocycles. The normalized spacial score (nSPS) is 12.1. The van der Waals surface area contributed by atoms with Crippen LogP contribution in [0.15, 0.2) is 29.6 Å². The van der Waals surface area contributed by atoms with Gasteiger partial charge in [0.25, 0.3) is 5.91 Å². The highest BCUT2D eigenvalue weighted by Gasteiger charge is 2.22. The van der Waals surface area contributed by atoms with Crippen molar-refractivity contribution < 1.29 is 9.90 Å². The summed E-state index contributed by atoms with van der Waals surface area (Å²) in [5, 5.41) is 11.8. The third-order valence-corrected chi connectivity index (χ3v) is 3.70. The predicted molar refractivity (Wildman–Crippen MR) is 75.1 cm³/mol. The number of rotatable bonds is 3. The summed E-state index contributed by atoms with van der Waals surface area (Å²) >= 11 is 1.23. The van der Waals surface area contributed by atoms with E-state index in [-0.39, 0.29) is 17.7 Å². The summed E-state index contributed by atoms with van der Waals surface area (Å²) in [6.45, 7) is 1.85. The lowest BCUT2D eigenvalue weighted by atomic mass is 10.1. The molecule has 1 amide bonds. The molecule has 0 radical (unpaired) electrons. The van der Waals surface area contributed by atoms with Gasteiger partial charge in [-0.3, -0.25) is 4.79 Å². The molecule has 5 nitrogen and oxygen atoms in total. The molecule has 0 aliphatic heterocycles. The van der Waals surface area contributed by atoms with Gasteiger partial charge in [-0.05, 0) is 13.0 Å². The number of nitrogens with zero attached hydrogens (tertiary/aromatic N) is 2. The van der Waals surface area contributed by atoms with E-state index in [0.29, 0.717) is 16.4 Å². The van der Waals surface area contributed by atoms with Crippen LogP contribution in [0.4, 0.5) is 5.13 Å². The van der Waals surface area contributed by atoms with Crippen molar-refractivity contribution in [1.82, 2.24) is 9.88 Å². The first-order valence-corrected chi connectivity index (χ1v) is 6.64. The zero-order chi connectivity index (χ0) is 14.0. The van der Waals surface area contributed by atoms with Crippen LogP contribution in [0.25, 0.3) is 0 Å². The van der Waals surface area contributed by atoms with E-state index >= 15 is 0 Å². The highest BCUT2D eigenvalue weighted by Crippen LogP contribution is 2.28. The molecule has 6 heteroatoms. The molecule has 19 heavy (non-hydrogen) atoms. The summed E-state index contributed by atoms with van der Waals surface area (Å²) in [6.07, 6.45) is 0. The lowest BCUT2D eigenvalue weighted by Gasteiger charge is -2.25. The number of hydrogen-bond acceptors (Lipinski definition) is 5. The third kappa shape index (κ3) is 2.68. The van der Waals surface area contributed by atoms with Gasteiger partial charge < -0.3 is 15.7 Å². The number of benzene rings is 1. The number of para-hydroxylation sites is 1. The number of anilines is 1. The molecule has 1 aromatic heterocycles. The standard InChI is InChI=1S/C13H15N3O2S/c1-8(9-5-3-4-6-11(9)17)16(2)12(18)10-7-19-13(14)15-10/h3-8,17H,1-2H3,(H2,14,15). The molecular formula is C13H15N3O2S. The summed E-state index contributed by atoms with van der Waals surface area (Å²) in [5.74, 6) is -0.0452. The Kier molecular flexibility index (Phi) is 3.71. The number of phenolic OH excluding ortho intramolecular Hbond substituents is 1. The number of aromatic nitrogens is 1. The van der Waals surface area contributed by atoms with Crippen molar-refractivity contribution in [3.05, 3.63) is 40.9 Å². The zero-order valence-electron chi connectivity index (χ0n) is 10.7. The SMILES string of the molecule is CC(c1ccccc1O)N(C)C(=O)c1csc(N)n1. The second kappa shape index (κ2) is 5.27. The second-order valence-corrected chi connectivity index (χ2v) is 5.11. The smallest absolute Gasteiger partial charge is 0.273 e. The fourth-order valence-corrected chi connectivity index (χ4v) is 2.33. The molecule has 3 N–H and O–H groups in total. The van der Waals surface area contributed by atoms with Crippen LogP contribution in [-0.2, 0) is 0 Å². The molecule has 1 atom stereocenters. The maximum atomic E-state index is 12.2. The van der Waals surface area contributed by atoms with E-state index in [2.05, 4.69) is 4.98 Å². The number of aromatic hydroxyl groups is 1. The maximum Gasteiger partial charge on any atom is 0.273 e. The Labute approximate surface area is 115 Å². The van der Waals surface area contributed by atoms with Crippen LogP contribution in [0, 0.1) is 0 Å². The van der Waals surface area contributed by atoms with E-state index in [1.54, 1.807) is 30.6 Å². The first kappa shape index (κ1) is 13.4. The minimum atomic E-state index is -0.253. The fourth-order valence-electron chi connectivity index (χ4n) is 1.79. The average molecular weight is 277 g/mol. The molecule has 0 bridgehead atoms. The van der Waals surface area contributed by atoms with Crippen LogP contribution >= 0.6 is 11.3 Å². The van der Waals surface area contributed by atoms with Gasteiger partial charge in [-0.25, -0.2) is 4.98 Å². The number of thiazole rings is 1. The Hall–Kier alpha value is -2.08. The van der Waals surface area contributed by atoms with E-state index in [0.717, 1.165) is 0 Å². The topological polar surface area (TPSA) is 79.5 Å². The maximum absolute atomic E-state index is 12.2. The first-order valence-electron chi connectivity index (χ1n) is 5.76. The quantitative estimate of drug-likeness (QED) is 0.902. The minimum absolute atomic E-state index is 0.174. The number of phenols is 1. The van der Waals surface area contributed by atoms with Gasteiger partial charge in [0, 0.05) is 18.0 Å². The molecule has 1 unspecified atom stereocenters. The molecule has 1 heterocycles. The lowest BCUT2D eigenvalue weighted by molar-refractivity contribution is 0.0736. The number of carbonyl (C=O) groups is 1. The minimum Gasteiger partial charge on any atom is -0.508 e. The van der Waals surface area contributed by atoms with Gasteiger partial charge in [0.2, 0.25) is 0 Å². The van der Waals surface area contributed by atoms with Crippen molar-refractivity contribution in [1.29, 1.82) is 0 Å². The van der Waals surface area contributed by atoms with Crippen molar-refractivity contribution in [3.63, 3.8) is 0 Å². The van der Waals surface area contributed by atoms with Gasteiger partial charge in [-0.15, -0.1) is 11.3 Å². The summed E-state index contributed by atoms with van der Waals surface area (Å²) in [5.41, 5.74) is 6.55. The van der Waals surface area contributed by atoms with Crippen molar-refractivity contribution in [2.24, 2.45) is 0 Å². The molecule has 100 valence electrons. The molecule has 0 aliphatic rings. The van der Waals surface area contributed by atoms with Crippen LogP contribution in [0.1, 0.15) is 29.0 Å².